The summed E-state index contributed by atoms with van der Waals surface area (Å²) in [4.78, 5) is 11.6. The quantitative estimate of drug-likeness (QED) is 0.535. The molecule has 0 saturated carbocycles. The van der Waals surface area contributed by atoms with Gasteiger partial charge in [0.05, 0.1) is 0 Å². The SMILES string of the molecule is CC1CC/C=C/CCC=CCCC1=O. The molecule has 0 heterocycles. The van der Waals surface area contributed by atoms with E-state index >= 15 is 0 Å². The third-order valence-corrected chi connectivity index (χ3v) is 2.71. The fourth-order valence-electron chi connectivity index (χ4n) is 1.64. The molecule has 0 spiro atoms. The van der Waals surface area contributed by atoms with Crippen molar-refractivity contribution in [3.63, 3.8) is 0 Å². The van der Waals surface area contributed by atoms with Crippen LogP contribution in [0, 0.1) is 5.92 Å². The Hall–Kier alpha value is -0.850. The molecule has 1 aliphatic rings. The number of Topliss-reactive ketones (excluding diaryl/α,β-unsaturated/α-hetero) is 1. The first-order valence-corrected chi connectivity index (χ1v) is 5.63. The maximum Gasteiger partial charge on any atom is 0.136 e. The number of hydrogen-bond donors (Lipinski definition) is 0. The lowest BCUT2D eigenvalue weighted by molar-refractivity contribution is -0.122. The summed E-state index contributed by atoms with van der Waals surface area (Å²) >= 11 is 0. The normalized spacial score (nSPS) is 27.8. The van der Waals surface area contributed by atoms with Crippen molar-refractivity contribution in [2.75, 3.05) is 0 Å². The van der Waals surface area contributed by atoms with Crippen molar-refractivity contribution < 1.29 is 4.79 Å². The smallest absolute Gasteiger partial charge is 0.136 e. The highest BCUT2D eigenvalue weighted by molar-refractivity contribution is 5.80. The molecule has 0 aromatic rings. The monoisotopic (exact) mass is 192 g/mol. The van der Waals surface area contributed by atoms with E-state index in [-0.39, 0.29) is 5.92 Å². The van der Waals surface area contributed by atoms with Crippen LogP contribution in [0.25, 0.3) is 0 Å². The van der Waals surface area contributed by atoms with Crippen LogP contribution in [0.3, 0.4) is 0 Å². The molecule has 14 heavy (non-hydrogen) atoms. The molecule has 0 aromatic heterocycles. The molecule has 1 heteroatoms. The van der Waals surface area contributed by atoms with Crippen LogP contribution < -0.4 is 0 Å². The van der Waals surface area contributed by atoms with Gasteiger partial charge < -0.3 is 0 Å². The molecule has 0 amide bonds. The summed E-state index contributed by atoms with van der Waals surface area (Å²) in [5, 5.41) is 0. The largest absolute Gasteiger partial charge is 0.299 e. The Morgan fingerprint density at radius 2 is 1.57 bits per heavy atom. The van der Waals surface area contributed by atoms with Crippen molar-refractivity contribution in [2.45, 2.75) is 45.4 Å². The van der Waals surface area contributed by atoms with Crippen LogP contribution in [0.4, 0.5) is 0 Å². The lowest BCUT2D eigenvalue weighted by Gasteiger charge is -2.08. The van der Waals surface area contributed by atoms with Crippen molar-refractivity contribution >= 4 is 5.78 Å². The number of rotatable bonds is 0. The molecule has 0 saturated heterocycles. The minimum atomic E-state index is 0.243. The molecule has 1 rings (SSSR count). The molecule has 0 N–H and O–H groups in total. The highest BCUT2D eigenvalue weighted by Gasteiger charge is 2.10. The fourth-order valence-corrected chi connectivity index (χ4v) is 1.64. The van der Waals surface area contributed by atoms with Gasteiger partial charge in [-0.1, -0.05) is 31.2 Å². The topological polar surface area (TPSA) is 17.1 Å². The summed E-state index contributed by atoms with van der Waals surface area (Å²) in [7, 11) is 0. The zero-order chi connectivity index (χ0) is 10.2. The fraction of sp³-hybridized carbons (Fsp3) is 0.615. The highest BCUT2D eigenvalue weighted by atomic mass is 16.1. The minimum Gasteiger partial charge on any atom is -0.299 e. The molecular weight excluding hydrogens is 172 g/mol. The Morgan fingerprint density at radius 1 is 1.00 bits per heavy atom. The minimum absolute atomic E-state index is 0.243. The molecular formula is C13H20O. The van der Waals surface area contributed by atoms with Crippen molar-refractivity contribution in [1.82, 2.24) is 0 Å². The third kappa shape index (κ3) is 4.40. The summed E-state index contributed by atoms with van der Waals surface area (Å²) < 4.78 is 0. The standard InChI is InChI=1S/C13H20O/c1-12-10-8-6-4-2-3-5-7-9-11-13(12)14/h4-7,12H,2-3,8-11H2,1H3/b6-4+,7-5?. The van der Waals surface area contributed by atoms with Crippen LogP contribution in [-0.4, -0.2) is 5.78 Å². The number of carbonyl (C=O) groups is 1. The summed E-state index contributed by atoms with van der Waals surface area (Å²) in [5.74, 6) is 0.663. The maximum atomic E-state index is 11.6. The zero-order valence-electron chi connectivity index (χ0n) is 9.04. The second-order valence-electron chi connectivity index (χ2n) is 4.00. The molecule has 1 atom stereocenters. The summed E-state index contributed by atoms with van der Waals surface area (Å²) in [5.41, 5.74) is 0. The number of carbonyl (C=O) groups excluding carboxylic acids is 1. The van der Waals surface area contributed by atoms with Gasteiger partial charge in [0.1, 0.15) is 5.78 Å². The lowest BCUT2D eigenvalue weighted by Crippen LogP contribution is -2.09. The van der Waals surface area contributed by atoms with E-state index in [1.807, 2.05) is 6.92 Å². The lowest BCUT2D eigenvalue weighted by atomic mass is 9.96. The molecule has 0 aliphatic heterocycles. The van der Waals surface area contributed by atoms with Crippen molar-refractivity contribution in [3.8, 4) is 0 Å². The van der Waals surface area contributed by atoms with Crippen LogP contribution >= 0.6 is 0 Å². The van der Waals surface area contributed by atoms with Crippen molar-refractivity contribution in [1.29, 1.82) is 0 Å². The van der Waals surface area contributed by atoms with Crippen LogP contribution in [0.15, 0.2) is 24.3 Å². The van der Waals surface area contributed by atoms with Crippen LogP contribution in [0.2, 0.25) is 0 Å². The Bertz CT molecular complexity index is 225. The molecule has 78 valence electrons. The average Bonchev–Trinajstić information content (AvgIpc) is 2.18. The molecule has 1 nitrogen and oxygen atoms in total. The van der Waals surface area contributed by atoms with E-state index in [4.69, 9.17) is 0 Å². The number of ketones is 1. The van der Waals surface area contributed by atoms with Crippen molar-refractivity contribution in [2.24, 2.45) is 5.92 Å². The van der Waals surface area contributed by atoms with Gasteiger partial charge in [-0.2, -0.15) is 0 Å². The van der Waals surface area contributed by atoms with Crippen molar-refractivity contribution in [3.05, 3.63) is 24.3 Å². The Balaban J connectivity index is 2.45. The average molecular weight is 192 g/mol. The Labute approximate surface area is 86.9 Å². The van der Waals surface area contributed by atoms with Crippen LogP contribution in [0.5, 0.6) is 0 Å². The van der Waals surface area contributed by atoms with Gasteiger partial charge in [0.25, 0.3) is 0 Å². The molecule has 0 aromatic carbocycles. The highest BCUT2D eigenvalue weighted by Crippen LogP contribution is 2.12. The summed E-state index contributed by atoms with van der Waals surface area (Å²) in [6.07, 6.45) is 14.7. The molecule has 1 aliphatic carbocycles. The molecule has 0 bridgehead atoms. The predicted octanol–water partition coefficient (Wildman–Crippen LogP) is 3.66. The van der Waals surface area contributed by atoms with Gasteiger partial charge in [-0.05, 0) is 32.1 Å². The van der Waals surface area contributed by atoms with Gasteiger partial charge in [0.2, 0.25) is 0 Å². The molecule has 0 fully saturated rings. The molecule has 0 radical (unpaired) electrons. The van der Waals surface area contributed by atoms with E-state index in [0.717, 1.165) is 38.5 Å². The first-order chi connectivity index (χ1) is 6.80. The van der Waals surface area contributed by atoms with Crippen LogP contribution in [0.1, 0.15) is 45.4 Å². The van der Waals surface area contributed by atoms with E-state index in [1.54, 1.807) is 0 Å². The van der Waals surface area contributed by atoms with Gasteiger partial charge in [0, 0.05) is 12.3 Å². The third-order valence-electron chi connectivity index (χ3n) is 2.71. The van der Waals surface area contributed by atoms with Gasteiger partial charge >= 0.3 is 0 Å². The first-order valence-electron chi connectivity index (χ1n) is 5.63. The van der Waals surface area contributed by atoms with E-state index in [9.17, 15) is 4.79 Å². The zero-order valence-corrected chi connectivity index (χ0v) is 9.04. The molecule has 1 unspecified atom stereocenters. The van der Waals surface area contributed by atoms with E-state index < -0.39 is 0 Å². The van der Waals surface area contributed by atoms with Gasteiger partial charge in [-0.3, -0.25) is 4.79 Å². The van der Waals surface area contributed by atoms with Crippen LogP contribution in [-0.2, 0) is 4.79 Å². The summed E-state index contributed by atoms with van der Waals surface area (Å²) in [6.45, 7) is 2.05. The summed E-state index contributed by atoms with van der Waals surface area (Å²) in [6, 6.07) is 0. The first kappa shape index (κ1) is 11.2. The predicted molar refractivity (Wildman–Crippen MR) is 60.2 cm³/mol. The maximum absolute atomic E-state index is 11.6. The Morgan fingerprint density at radius 3 is 2.29 bits per heavy atom. The Kier molecular flexibility index (Phi) is 5.28. The van der Waals surface area contributed by atoms with E-state index in [1.165, 1.54) is 0 Å². The second kappa shape index (κ2) is 6.58. The van der Waals surface area contributed by atoms with E-state index in [2.05, 4.69) is 24.3 Å². The van der Waals surface area contributed by atoms with E-state index in [0.29, 0.717) is 5.78 Å². The van der Waals surface area contributed by atoms with Gasteiger partial charge in [-0.15, -0.1) is 0 Å². The van der Waals surface area contributed by atoms with Gasteiger partial charge in [0.15, 0.2) is 0 Å². The second-order valence-corrected chi connectivity index (χ2v) is 4.00. The number of allylic oxidation sites excluding steroid dienone is 4. The van der Waals surface area contributed by atoms with Gasteiger partial charge in [-0.25, -0.2) is 0 Å². The number of hydrogen-bond acceptors (Lipinski definition) is 1.